The third-order valence-electron chi connectivity index (χ3n) is 3.75. The molecule has 1 saturated carbocycles. The molecule has 2 aromatic rings. The van der Waals surface area contributed by atoms with E-state index in [2.05, 4.69) is 22.3 Å². The molecule has 1 fully saturated rings. The van der Waals surface area contributed by atoms with Crippen molar-refractivity contribution in [1.82, 2.24) is 4.90 Å². The Balaban J connectivity index is 1.60. The SMILES string of the molecule is O=C(CN(Cc1ccccc1)C1CC1)Nc1cccc(F)c1. The Hall–Kier alpha value is -2.20. The Bertz CT molecular complexity index is 641. The van der Waals surface area contributed by atoms with Gasteiger partial charge < -0.3 is 5.32 Å². The maximum absolute atomic E-state index is 13.1. The van der Waals surface area contributed by atoms with E-state index in [0.717, 1.165) is 19.4 Å². The molecule has 0 bridgehead atoms. The quantitative estimate of drug-likeness (QED) is 0.886. The maximum Gasteiger partial charge on any atom is 0.238 e. The van der Waals surface area contributed by atoms with Gasteiger partial charge in [0.2, 0.25) is 5.91 Å². The minimum absolute atomic E-state index is 0.103. The van der Waals surface area contributed by atoms with Gasteiger partial charge in [0.1, 0.15) is 5.82 Å². The van der Waals surface area contributed by atoms with Crippen molar-refractivity contribution in [3.63, 3.8) is 0 Å². The molecule has 22 heavy (non-hydrogen) atoms. The van der Waals surface area contributed by atoms with Crippen LogP contribution in [-0.2, 0) is 11.3 Å². The van der Waals surface area contributed by atoms with Crippen LogP contribution >= 0.6 is 0 Å². The van der Waals surface area contributed by atoms with Crippen LogP contribution in [0.5, 0.6) is 0 Å². The van der Waals surface area contributed by atoms with Gasteiger partial charge in [0.15, 0.2) is 0 Å². The van der Waals surface area contributed by atoms with Gasteiger partial charge in [-0.25, -0.2) is 4.39 Å². The summed E-state index contributed by atoms with van der Waals surface area (Å²) in [5, 5.41) is 2.76. The summed E-state index contributed by atoms with van der Waals surface area (Å²) in [5.74, 6) is -0.449. The van der Waals surface area contributed by atoms with Crippen LogP contribution in [0.3, 0.4) is 0 Å². The molecule has 3 rings (SSSR count). The van der Waals surface area contributed by atoms with Crippen molar-refractivity contribution in [3.05, 3.63) is 66.0 Å². The Labute approximate surface area is 129 Å². The van der Waals surface area contributed by atoms with Crippen molar-refractivity contribution < 1.29 is 9.18 Å². The van der Waals surface area contributed by atoms with Crippen LogP contribution in [-0.4, -0.2) is 23.4 Å². The molecule has 114 valence electrons. The number of amides is 1. The minimum atomic E-state index is -0.346. The number of anilines is 1. The molecule has 0 atom stereocenters. The van der Waals surface area contributed by atoms with Gasteiger partial charge in [-0.2, -0.15) is 0 Å². The highest BCUT2D eigenvalue weighted by atomic mass is 19.1. The Morgan fingerprint density at radius 2 is 1.91 bits per heavy atom. The normalized spacial score (nSPS) is 14.1. The van der Waals surface area contributed by atoms with Gasteiger partial charge in [0.25, 0.3) is 0 Å². The van der Waals surface area contributed by atoms with Gasteiger partial charge in [-0.3, -0.25) is 9.69 Å². The minimum Gasteiger partial charge on any atom is -0.325 e. The number of carbonyl (C=O) groups excluding carboxylic acids is 1. The fourth-order valence-corrected chi connectivity index (χ4v) is 2.52. The number of hydrogen-bond donors (Lipinski definition) is 1. The molecule has 3 nitrogen and oxygen atoms in total. The van der Waals surface area contributed by atoms with E-state index in [9.17, 15) is 9.18 Å². The summed E-state index contributed by atoms with van der Waals surface area (Å²) in [4.78, 5) is 14.4. The Morgan fingerprint density at radius 3 is 2.59 bits per heavy atom. The monoisotopic (exact) mass is 298 g/mol. The molecule has 0 unspecified atom stereocenters. The highest BCUT2D eigenvalue weighted by Gasteiger charge is 2.30. The van der Waals surface area contributed by atoms with Crippen molar-refractivity contribution in [2.24, 2.45) is 0 Å². The number of hydrogen-bond acceptors (Lipinski definition) is 2. The van der Waals surface area contributed by atoms with Crippen LogP contribution < -0.4 is 5.32 Å². The van der Waals surface area contributed by atoms with Crippen molar-refractivity contribution in [2.45, 2.75) is 25.4 Å². The average Bonchev–Trinajstić information content (AvgIpc) is 3.32. The first-order chi connectivity index (χ1) is 10.7. The van der Waals surface area contributed by atoms with Crippen molar-refractivity contribution in [3.8, 4) is 0 Å². The fourth-order valence-electron chi connectivity index (χ4n) is 2.52. The highest BCUT2D eigenvalue weighted by Crippen LogP contribution is 2.28. The largest absolute Gasteiger partial charge is 0.325 e. The van der Waals surface area contributed by atoms with E-state index in [1.807, 2.05) is 18.2 Å². The summed E-state index contributed by atoms with van der Waals surface area (Å²) in [5.41, 5.74) is 1.70. The number of carbonyl (C=O) groups is 1. The predicted molar refractivity (Wildman–Crippen MR) is 84.9 cm³/mol. The van der Waals surface area contributed by atoms with Crippen LogP contribution in [0.15, 0.2) is 54.6 Å². The second-order valence-corrected chi connectivity index (χ2v) is 5.68. The van der Waals surface area contributed by atoms with E-state index < -0.39 is 0 Å². The average molecular weight is 298 g/mol. The number of benzene rings is 2. The van der Waals surface area contributed by atoms with Crippen LogP contribution in [0.4, 0.5) is 10.1 Å². The third kappa shape index (κ3) is 4.15. The van der Waals surface area contributed by atoms with Crippen LogP contribution in [0, 0.1) is 5.82 Å². The summed E-state index contributed by atoms with van der Waals surface area (Å²) in [6, 6.07) is 16.6. The standard InChI is InChI=1S/C18H19FN2O/c19-15-7-4-8-16(11-15)20-18(22)13-21(17-9-10-17)12-14-5-2-1-3-6-14/h1-8,11,17H,9-10,12-13H2,(H,20,22). The van der Waals surface area contributed by atoms with E-state index >= 15 is 0 Å². The maximum atomic E-state index is 13.1. The lowest BCUT2D eigenvalue weighted by molar-refractivity contribution is -0.117. The molecular weight excluding hydrogens is 279 g/mol. The molecule has 0 saturated heterocycles. The molecule has 2 aromatic carbocycles. The van der Waals surface area contributed by atoms with E-state index in [-0.39, 0.29) is 11.7 Å². The molecule has 0 spiro atoms. The Kier molecular flexibility index (Phi) is 4.49. The Morgan fingerprint density at radius 1 is 1.14 bits per heavy atom. The molecule has 0 radical (unpaired) electrons. The van der Waals surface area contributed by atoms with Gasteiger partial charge in [0.05, 0.1) is 6.54 Å². The molecule has 1 N–H and O–H groups in total. The first kappa shape index (κ1) is 14.7. The van der Waals surface area contributed by atoms with E-state index in [0.29, 0.717) is 18.3 Å². The summed E-state index contributed by atoms with van der Waals surface area (Å²) < 4.78 is 13.1. The van der Waals surface area contributed by atoms with Crippen molar-refractivity contribution in [2.75, 3.05) is 11.9 Å². The zero-order valence-electron chi connectivity index (χ0n) is 12.3. The van der Waals surface area contributed by atoms with Gasteiger partial charge >= 0.3 is 0 Å². The lowest BCUT2D eigenvalue weighted by atomic mass is 10.2. The highest BCUT2D eigenvalue weighted by molar-refractivity contribution is 5.92. The lowest BCUT2D eigenvalue weighted by Gasteiger charge is -2.21. The summed E-state index contributed by atoms with van der Waals surface area (Å²) in [6.07, 6.45) is 2.28. The number of nitrogens with one attached hydrogen (secondary N) is 1. The van der Waals surface area contributed by atoms with E-state index in [1.165, 1.54) is 17.7 Å². The zero-order chi connectivity index (χ0) is 15.4. The summed E-state index contributed by atoms with van der Waals surface area (Å²) in [6.45, 7) is 1.10. The second kappa shape index (κ2) is 6.71. The van der Waals surface area contributed by atoms with Gasteiger partial charge in [-0.15, -0.1) is 0 Å². The molecular formula is C18H19FN2O. The number of nitrogens with zero attached hydrogens (tertiary/aromatic N) is 1. The molecule has 0 heterocycles. The molecule has 1 amide bonds. The fraction of sp³-hybridized carbons (Fsp3) is 0.278. The molecule has 1 aliphatic rings. The topological polar surface area (TPSA) is 32.3 Å². The van der Waals surface area contributed by atoms with Crippen LogP contribution in [0.2, 0.25) is 0 Å². The predicted octanol–water partition coefficient (Wildman–Crippen LogP) is 3.43. The smallest absolute Gasteiger partial charge is 0.238 e. The van der Waals surface area contributed by atoms with Crippen LogP contribution in [0.25, 0.3) is 0 Å². The van der Waals surface area contributed by atoms with Gasteiger partial charge in [0, 0.05) is 18.3 Å². The number of rotatable bonds is 6. The first-order valence-corrected chi connectivity index (χ1v) is 7.54. The molecule has 1 aliphatic carbocycles. The number of halogens is 1. The van der Waals surface area contributed by atoms with Crippen molar-refractivity contribution >= 4 is 11.6 Å². The summed E-state index contributed by atoms with van der Waals surface area (Å²) >= 11 is 0. The zero-order valence-corrected chi connectivity index (χ0v) is 12.3. The lowest BCUT2D eigenvalue weighted by Crippen LogP contribution is -2.34. The first-order valence-electron chi connectivity index (χ1n) is 7.54. The summed E-state index contributed by atoms with van der Waals surface area (Å²) in [7, 11) is 0. The van der Waals surface area contributed by atoms with E-state index in [1.54, 1.807) is 12.1 Å². The molecule has 0 aliphatic heterocycles. The van der Waals surface area contributed by atoms with Crippen molar-refractivity contribution in [1.29, 1.82) is 0 Å². The molecule has 4 heteroatoms. The van der Waals surface area contributed by atoms with E-state index in [4.69, 9.17) is 0 Å². The van der Waals surface area contributed by atoms with Gasteiger partial charge in [-0.05, 0) is 36.6 Å². The molecule has 0 aromatic heterocycles. The second-order valence-electron chi connectivity index (χ2n) is 5.68. The van der Waals surface area contributed by atoms with Gasteiger partial charge in [-0.1, -0.05) is 36.4 Å². The third-order valence-corrected chi connectivity index (χ3v) is 3.75. The van der Waals surface area contributed by atoms with Crippen LogP contribution in [0.1, 0.15) is 18.4 Å².